The molecule has 0 aliphatic carbocycles. The topological polar surface area (TPSA) is 78.5 Å². The number of carbonyl (C=O) groups excluding carboxylic acids is 2. The van der Waals surface area contributed by atoms with Crippen molar-refractivity contribution in [2.45, 2.75) is 45.8 Å². The second-order valence-electron chi connectivity index (χ2n) is 3.93. The maximum Gasteiger partial charge on any atom is 1.00 e. The van der Waals surface area contributed by atoms with E-state index in [0.29, 0.717) is 0 Å². The molecule has 0 spiro atoms. The zero-order valence-corrected chi connectivity index (χ0v) is 16.2. The predicted octanol–water partition coefficient (Wildman–Crippen LogP) is -2.96. The standard InChI is InChI=1S/C9H17NO4.Cs/c1-5-6(7(11)12)10-8(13)14-9(2,3)4;/h6H,5H2,1-4H3,(H,10,13)(H,11,12);/q;+1/p-1. The van der Waals surface area contributed by atoms with Crippen molar-refractivity contribution in [2.24, 2.45) is 0 Å². The van der Waals surface area contributed by atoms with Crippen LogP contribution in [-0.4, -0.2) is 23.7 Å². The first kappa shape index (κ1) is 18.2. The molecule has 5 nitrogen and oxygen atoms in total. The third-order valence-corrected chi connectivity index (χ3v) is 1.38. The Bertz CT molecular complexity index is 225. The molecule has 1 amide bonds. The molecule has 0 aliphatic heterocycles. The van der Waals surface area contributed by atoms with Gasteiger partial charge in [0.25, 0.3) is 0 Å². The number of carboxylic acid groups (broad SMARTS) is 1. The Morgan fingerprint density at radius 2 is 1.87 bits per heavy atom. The van der Waals surface area contributed by atoms with Crippen LogP contribution in [-0.2, 0) is 9.53 Å². The molecular weight excluding hydrogens is 319 g/mol. The molecule has 0 aromatic carbocycles. The predicted molar refractivity (Wildman–Crippen MR) is 48.5 cm³/mol. The fourth-order valence-corrected chi connectivity index (χ4v) is 0.777. The molecule has 1 N–H and O–H groups in total. The van der Waals surface area contributed by atoms with E-state index in [1.54, 1.807) is 27.7 Å². The largest absolute Gasteiger partial charge is 1.00 e. The van der Waals surface area contributed by atoms with E-state index in [1.807, 2.05) is 0 Å². The third-order valence-electron chi connectivity index (χ3n) is 1.38. The van der Waals surface area contributed by atoms with Crippen molar-refractivity contribution in [1.29, 1.82) is 0 Å². The van der Waals surface area contributed by atoms with Crippen molar-refractivity contribution in [3.05, 3.63) is 0 Å². The number of carboxylic acids is 1. The summed E-state index contributed by atoms with van der Waals surface area (Å²) < 4.78 is 4.88. The smallest absolute Gasteiger partial charge is 0.548 e. The van der Waals surface area contributed by atoms with Crippen molar-refractivity contribution in [3.8, 4) is 0 Å². The van der Waals surface area contributed by atoms with Crippen LogP contribution in [0.15, 0.2) is 0 Å². The summed E-state index contributed by atoms with van der Waals surface area (Å²) >= 11 is 0. The summed E-state index contributed by atoms with van der Waals surface area (Å²) in [6.07, 6.45) is -0.477. The molecule has 0 bridgehead atoms. The van der Waals surface area contributed by atoms with Crippen LogP contribution in [0.2, 0.25) is 0 Å². The molecular formula is C9H16CsNO4. The Balaban J connectivity index is 0. The fraction of sp³-hybridized carbons (Fsp3) is 0.778. The van der Waals surface area contributed by atoms with Crippen molar-refractivity contribution in [2.75, 3.05) is 0 Å². The molecule has 0 radical (unpaired) electrons. The van der Waals surface area contributed by atoms with Gasteiger partial charge in [0, 0.05) is 0 Å². The molecule has 15 heavy (non-hydrogen) atoms. The van der Waals surface area contributed by atoms with Crippen LogP contribution in [0.5, 0.6) is 0 Å². The van der Waals surface area contributed by atoms with Crippen LogP contribution in [0, 0.1) is 0 Å². The monoisotopic (exact) mass is 335 g/mol. The van der Waals surface area contributed by atoms with Gasteiger partial charge < -0.3 is 20.0 Å². The van der Waals surface area contributed by atoms with Gasteiger partial charge >= 0.3 is 75.0 Å². The second kappa shape index (κ2) is 7.97. The van der Waals surface area contributed by atoms with Gasteiger partial charge in [0.05, 0.1) is 12.0 Å². The molecule has 0 saturated carbocycles. The Labute approximate surface area is 149 Å². The van der Waals surface area contributed by atoms with Crippen LogP contribution in [0.3, 0.4) is 0 Å². The molecule has 0 aliphatic rings. The van der Waals surface area contributed by atoms with E-state index >= 15 is 0 Å². The first-order valence-corrected chi connectivity index (χ1v) is 4.46. The number of hydrogen-bond donors (Lipinski definition) is 1. The molecule has 0 rings (SSSR count). The SMILES string of the molecule is CCC(NC(=O)OC(C)(C)C)C(=O)[O-].[Cs+]. The van der Waals surface area contributed by atoms with E-state index in [2.05, 4.69) is 5.32 Å². The Hall–Kier alpha value is 0.792. The number of alkyl carbamates (subject to hydrolysis) is 1. The Morgan fingerprint density at radius 1 is 1.40 bits per heavy atom. The Kier molecular flexibility index (Phi) is 9.65. The van der Waals surface area contributed by atoms with Crippen LogP contribution < -0.4 is 79.3 Å². The minimum atomic E-state index is -1.31. The summed E-state index contributed by atoms with van der Waals surface area (Å²) in [7, 11) is 0. The summed E-state index contributed by atoms with van der Waals surface area (Å²) in [4.78, 5) is 21.6. The average Bonchev–Trinajstić information content (AvgIpc) is 1.96. The fourth-order valence-electron chi connectivity index (χ4n) is 0.777. The molecule has 0 saturated heterocycles. The summed E-state index contributed by atoms with van der Waals surface area (Å²) in [5, 5.41) is 12.6. The van der Waals surface area contributed by atoms with Gasteiger partial charge in [-0.15, -0.1) is 0 Å². The van der Waals surface area contributed by atoms with E-state index in [0.717, 1.165) is 0 Å². The van der Waals surface area contributed by atoms with Gasteiger partial charge in [0.1, 0.15) is 5.60 Å². The first-order valence-electron chi connectivity index (χ1n) is 4.46. The van der Waals surface area contributed by atoms with Gasteiger partial charge in [-0.2, -0.15) is 0 Å². The zero-order chi connectivity index (χ0) is 11.4. The Morgan fingerprint density at radius 3 is 2.13 bits per heavy atom. The quantitative estimate of drug-likeness (QED) is 0.598. The summed E-state index contributed by atoms with van der Waals surface area (Å²) in [6, 6.07) is -0.996. The van der Waals surface area contributed by atoms with Crippen LogP contribution in [0.1, 0.15) is 34.1 Å². The molecule has 82 valence electrons. The number of nitrogens with one attached hydrogen (secondary N) is 1. The van der Waals surface area contributed by atoms with Crippen molar-refractivity contribution in [3.63, 3.8) is 0 Å². The summed E-state index contributed by atoms with van der Waals surface area (Å²) in [5.74, 6) is -1.31. The van der Waals surface area contributed by atoms with E-state index in [1.165, 1.54) is 0 Å². The van der Waals surface area contributed by atoms with E-state index in [-0.39, 0.29) is 75.3 Å². The first-order chi connectivity index (χ1) is 6.26. The number of ether oxygens (including phenoxy) is 1. The molecule has 1 atom stereocenters. The molecule has 1 unspecified atom stereocenters. The van der Waals surface area contributed by atoms with Crippen molar-refractivity contribution < 1.29 is 88.3 Å². The van der Waals surface area contributed by atoms with E-state index in [9.17, 15) is 14.7 Å². The number of rotatable bonds is 3. The summed E-state index contributed by atoms with van der Waals surface area (Å²) in [5.41, 5.74) is -0.631. The number of aliphatic carboxylic acids is 1. The normalized spacial score (nSPS) is 12.3. The molecule has 6 heteroatoms. The molecule has 0 aromatic rings. The van der Waals surface area contributed by atoms with Crippen LogP contribution >= 0.6 is 0 Å². The maximum atomic E-state index is 11.1. The number of carbonyl (C=O) groups is 2. The molecule has 0 heterocycles. The van der Waals surface area contributed by atoms with Gasteiger partial charge in [-0.05, 0) is 27.2 Å². The number of hydrogen-bond acceptors (Lipinski definition) is 4. The average molecular weight is 335 g/mol. The third kappa shape index (κ3) is 9.71. The second-order valence-corrected chi connectivity index (χ2v) is 3.93. The molecule has 0 fully saturated rings. The van der Waals surface area contributed by atoms with Crippen LogP contribution in [0.4, 0.5) is 4.79 Å². The van der Waals surface area contributed by atoms with Gasteiger partial charge in [-0.25, -0.2) is 4.79 Å². The van der Waals surface area contributed by atoms with Gasteiger partial charge in [0.15, 0.2) is 0 Å². The zero-order valence-electron chi connectivity index (χ0n) is 9.92. The van der Waals surface area contributed by atoms with Gasteiger partial charge in [-0.3, -0.25) is 0 Å². The van der Waals surface area contributed by atoms with E-state index < -0.39 is 23.7 Å². The van der Waals surface area contributed by atoms with Gasteiger partial charge in [-0.1, -0.05) is 6.92 Å². The number of amides is 1. The van der Waals surface area contributed by atoms with Crippen LogP contribution in [0.25, 0.3) is 0 Å². The minimum absolute atomic E-state index is 0. The van der Waals surface area contributed by atoms with E-state index in [4.69, 9.17) is 4.74 Å². The van der Waals surface area contributed by atoms with Crippen molar-refractivity contribution >= 4 is 12.1 Å². The minimum Gasteiger partial charge on any atom is -0.548 e. The van der Waals surface area contributed by atoms with Gasteiger partial charge in [0.2, 0.25) is 0 Å². The molecule has 0 aromatic heterocycles. The van der Waals surface area contributed by atoms with Crippen molar-refractivity contribution in [1.82, 2.24) is 5.32 Å². The maximum absolute atomic E-state index is 11.1. The summed E-state index contributed by atoms with van der Waals surface area (Å²) in [6.45, 7) is 6.74.